The van der Waals surface area contributed by atoms with E-state index in [1.54, 1.807) is 0 Å². The zero-order valence-electron chi connectivity index (χ0n) is 12.9. The van der Waals surface area contributed by atoms with E-state index in [4.69, 9.17) is 5.11 Å². The third-order valence-electron chi connectivity index (χ3n) is 4.76. The number of carboxylic acids is 1. The number of amides is 2. The fraction of sp³-hybridized carbons (Fsp3) is 0.867. The Morgan fingerprint density at radius 2 is 1.90 bits per heavy atom. The van der Waals surface area contributed by atoms with E-state index in [0.717, 1.165) is 38.9 Å². The van der Waals surface area contributed by atoms with Crippen LogP contribution in [0.5, 0.6) is 0 Å². The van der Waals surface area contributed by atoms with Crippen LogP contribution in [0.15, 0.2) is 0 Å². The Balaban J connectivity index is 1.69. The molecule has 0 aliphatic carbocycles. The molecule has 6 heteroatoms. The number of carboxylic acid groups (broad SMARTS) is 1. The Bertz CT molecular complexity index is 367. The third kappa shape index (κ3) is 4.59. The average molecular weight is 297 g/mol. The minimum Gasteiger partial charge on any atom is -0.481 e. The summed E-state index contributed by atoms with van der Waals surface area (Å²) in [5.41, 5.74) is 0. The molecule has 0 aromatic rings. The van der Waals surface area contributed by atoms with Gasteiger partial charge in [-0.1, -0.05) is 6.92 Å². The van der Waals surface area contributed by atoms with E-state index in [1.165, 1.54) is 6.42 Å². The number of rotatable bonds is 5. The van der Waals surface area contributed by atoms with Crippen molar-refractivity contribution in [3.8, 4) is 0 Å². The number of nitrogens with zero attached hydrogens (tertiary/aromatic N) is 2. The van der Waals surface area contributed by atoms with E-state index >= 15 is 0 Å². The maximum atomic E-state index is 12.2. The molecule has 2 amide bonds. The predicted octanol–water partition coefficient (Wildman–Crippen LogP) is 1.37. The van der Waals surface area contributed by atoms with Crippen LogP contribution in [0, 0.1) is 5.92 Å². The van der Waals surface area contributed by atoms with Crippen molar-refractivity contribution < 1.29 is 14.7 Å². The molecule has 2 rings (SSSR count). The first kappa shape index (κ1) is 16.1. The summed E-state index contributed by atoms with van der Waals surface area (Å²) in [5.74, 6) is -0.518. The normalized spacial score (nSPS) is 24.2. The van der Waals surface area contributed by atoms with Crippen LogP contribution in [0.3, 0.4) is 0 Å². The van der Waals surface area contributed by atoms with Crippen LogP contribution in [0.1, 0.15) is 39.0 Å². The van der Waals surface area contributed by atoms with Crippen molar-refractivity contribution in [1.82, 2.24) is 15.1 Å². The van der Waals surface area contributed by atoms with Crippen molar-refractivity contribution in [2.24, 2.45) is 5.92 Å². The molecule has 0 bridgehead atoms. The minimum absolute atomic E-state index is 0.00623. The minimum atomic E-state index is -0.737. The summed E-state index contributed by atoms with van der Waals surface area (Å²) >= 11 is 0. The van der Waals surface area contributed by atoms with Crippen LogP contribution >= 0.6 is 0 Å². The van der Waals surface area contributed by atoms with Gasteiger partial charge in [0.25, 0.3) is 0 Å². The highest BCUT2D eigenvalue weighted by Crippen LogP contribution is 2.20. The van der Waals surface area contributed by atoms with Crippen LogP contribution in [-0.4, -0.2) is 65.7 Å². The number of nitrogens with one attached hydrogen (secondary N) is 1. The third-order valence-corrected chi connectivity index (χ3v) is 4.76. The lowest BCUT2D eigenvalue weighted by atomic mass is 9.94. The van der Waals surface area contributed by atoms with Crippen LogP contribution in [0.2, 0.25) is 0 Å². The standard InChI is InChI=1S/C15H27N3O3/c1-2-17-7-3-4-13(17)11-16-15(21)18-8-5-12(6-9-18)10-14(19)20/h12-13H,2-11H2,1H3,(H,16,21)(H,19,20). The molecule has 2 heterocycles. The number of hydrogen-bond acceptors (Lipinski definition) is 3. The first-order chi connectivity index (χ1) is 10.1. The van der Waals surface area contributed by atoms with Gasteiger partial charge in [-0.2, -0.15) is 0 Å². The molecule has 0 aromatic heterocycles. The summed E-state index contributed by atoms with van der Waals surface area (Å²) in [6.07, 6.45) is 4.20. The van der Waals surface area contributed by atoms with Gasteiger partial charge in [-0.3, -0.25) is 9.69 Å². The second-order valence-electron chi connectivity index (χ2n) is 6.14. The highest BCUT2D eigenvalue weighted by molar-refractivity contribution is 5.74. The zero-order valence-corrected chi connectivity index (χ0v) is 12.9. The van der Waals surface area contributed by atoms with E-state index in [2.05, 4.69) is 17.1 Å². The SMILES string of the molecule is CCN1CCCC1CNC(=O)N1CCC(CC(=O)O)CC1. The van der Waals surface area contributed by atoms with Crippen molar-refractivity contribution in [2.75, 3.05) is 32.7 Å². The molecular formula is C15H27N3O3. The highest BCUT2D eigenvalue weighted by atomic mass is 16.4. The maximum Gasteiger partial charge on any atom is 0.317 e. The largest absolute Gasteiger partial charge is 0.481 e. The van der Waals surface area contributed by atoms with E-state index in [1.807, 2.05) is 4.90 Å². The van der Waals surface area contributed by atoms with Gasteiger partial charge in [0.1, 0.15) is 0 Å². The lowest BCUT2D eigenvalue weighted by Crippen LogP contribution is -2.48. The summed E-state index contributed by atoms with van der Waals surface area (Å²) in [7, 11) is 0. The molecule has 2 N–H and O–H groups in total. The first-order valence-electron chi connectivity index (χ1n) is 8.08. The quantitative estimate of drug-likeness (QED) is 0.804. The number of urea groups is 1. The van der Waals surface area contributed by atoms with Gasteiger partial charge in [-0.15, -0.1) is 0 Å². The van der Waals surface area contributed by atoms with Gasteiger partial charge in [0.15, 0.2) is 0 Å². The van der Waals surface area contributed by atoms with Crippen molar-refractivity contribution in [3.63, 3.8) is 0 Å². The average Bonchev–Trinajstić information content (AvgIpc) is 2.92. The molecule has 2 aliphatic heterocycles. The Morgan fingerprint density at radius 3 is 2.52 bits per heavy atom. The summed E-state index contributed by atoms with van der Waals surface area (Å²) in [6.45, 7) is 6.41. The second kappa shape index (κ2) is 7.64. The molecule has 6 nitrogen and oxygen atoms in total. The van der Waals surface area contributed by atoms with E-state index in [9.17, 15) is 9.59 Å². The van der Waals surface area contributed by atoms with Gasteiger partial charge in [0, 0.05) is 32.1 Å². The fourth-order valence-electron chi connectivity index (χ4n) is 3.45. The Morgan fingerprint density at radius 1 is 1.19 bits per heavy atom. The van der Waals surface area contributed by atoms with Crippen LogP contribution in [-0.2, 0) is 4.79 Å². The van der Waals surface area contributed by atoms with Gasteiger partial charge in [-0.25, -0.2) is 4.79 Å². The molecule has 1 unspecified atom stereocenters. The number of likely N-dealkylation sites (N-methyl/N-ethyl adjacent to an activating group) is 1. The molecule has 0 radical (unpaired) electrons. The van der Waals surface area contributed by atoms with Gasteiger partial charge in [0.05, 0.1) is 0 Å². The van der Waals surface area contributed by atoms with Crippen molar-refractivity contribution >= 4 is 12.0 Å². The summed E-state index contributed by atoms with van der Waals surface area (Å²) in [4.78, 5) is 27.1. The zero-order chi connectivity index (χ0) is 15.2. The Labute approximate surface area is 126 Å². The molecule has 21 heavy (non-hydrogen) atoms. The van der Waals surface area contributed by atoms with Crippen LogP contribution in [0.4, 0.5) is 4.79 Å². The molecule has 2 fully saturated rings. The summed E-state index contributed by atoms with van der Waals surface area (Å²) < 4.78 is 0. The number of carbonyl (C=O) groups excluding carboxylic acids is 1. The second-order valence-corrected chi connectivity index (χ2v) is 6.14. The van der Waals surface area contributed by atoms with Gasteiger partial charge < -0.3 is 15.3 Å². The lowest BCUT2D eigenvalue weighted by Gasteiger charge is -2.32. The number of piperidine rings is 1. The van der Waals surface area contributed by atoms with E-state index in [0.29, 0.717) is 19.1 Å². The van der Waals surface area contributed by atoms with Gasteiger partial charge in [-0.05, 0) is 44.7 Å². The van der Waals surface area contributed by atoms with Crippen molar-refractivity contribution in [3.05, 3.63) is 0 Å². The predicted molar refractivity (Wildman–Crippen MR) is 80.2 cm³/mol. The molecular weight excluding hydrogens is 270 g/mol. The van der Waals surface area contributed by atoms with Crippen LogP contribution < -0.4 is 5.32 Å². The molecule has 1 atom stereocenters. The maximum absolute atomic E-state index is 12.2. The number of likely N-dealkylation sites (tertiary alicyclic amines) is 2. The van der Waals surface area contributed by atoms with Crippen molar-refractivity contribution in [1.29, 1.82) is 0 Å². The summed E-state index contributed by atoms with van der Waals surface area (Å²) in [6, 6.07) is 0.482. The van der Waals surface area contributed by atoms with Crippen molar-refractivity contribution in [2.45, 2.75) is 45.1 Å². The molecule has 120 valence electrons. The Kier molecular flexibility index (Phi) is 5.85. The smallest absolute Gasteiger partial charge is 0.317 e. The van der Waals surface area contributed by atoms with E-state index < -0.39 is 5.97 Å². The number of hydrogen-bond donors (Lipinski definition) is 2. The number of carbonyl (C=O) groups is 2. The van der Waals surface area contributed by atoms with Crippen LogP contribution in [0.25, 0.3) is 0 Å². The molecule has 0 aromatic carbocycles. The first-order valence-corrected chi connectivity index (χ1v) is 8.08. The van der Waals surface area contributed by atoms with Gasteiger partial charge in [0.2, 0.25) is 0 Å². The van der Waals surface area contributed by atoms with E-state index in [-0.39, 0.29) is 18.4 Å². The molecule has 2 saturated heterocycles. The van der Waals surface area contributed by atoms with Gasteiger partial charge >= 0.3 is 12.0 Å². The Hall–Kier alpha value is -1.30. The highest BCUT2D eigenvalue weighted by Gasteiger charge is 2.26. The lowest BCUT2D eigenvalue weighted by molar-refractivity contribution is -0.138. The number of aliphatic carboxylic acids is 1. The monoisotopic (exact) mass is 297 g/mol. The fourth-order valence-corrected chi connectivity index (χ4v) is 3.45. The molecule has 0 spiro atoms. The molecule has 0 saturated carbocycles. The topological polar surface area (TPSA) is 72.9 Å². The molecule has 2 aliphatic rings. The summed E-state index contributed by atoms with van der Waals surface area (Å²) in [5, 5.41) is 11.8.